The van der Waals surface area contributed by atoms with E-state index in [0.29, 0.717) is 11.6 Å². The summed E-state index contributed by atoms with van der Waals surface area (Å²) in [5.41, 5.74) is 1.27. The molecule has 1 aliphatic rings. The number of hydrogen-bond acceptors (Lipinski definition) is 2. The average Bonchev–Trinajstić information content (AvgIpc) is 2.90. The van der Waals surface area contributed by atoms with Crippen LogP contribution in [0.25, 0.3) is 0 Å². The molecule has 3 rings (SSSR count). The molecule has 1 aromatic heterocycles. The molecule has 0 bridgehead atoms. The van der Waals surface area contributed by atoms with Crippen molar-refractivity contribution in [3.05, 3.63) is 52.1 Å². The third kappa shape index (κ3) is 4.01. The number of nitrogens with one attached hydrogen (secondary N) is 1. The van der Waals surface area contributed by atoms with Gasteiger partial charge in [0, 0.05) is 19.5 Å². The lowest BCUT2D eigenvalue weighted by Gasteiger charge is -2.27. The Morgan fingerprint density at radius 2 is 1.96 bits per heavy atom. The van der Waals surface area contributed by atoms with Crippen LogP contribution in [-0.2, 0) is 25.6 Å². The van der Waals surface area contributed by atoms with E-state index in [-0.39, 0.29) is 6.04 Å². The summed E-state index contributed by atoms with van der Waals surface area (Å²) in [5.74, 6) is 1.02. The number of aryl methyl sites for hydroxylation is 2. The van der Waals surface area contributed by atoms with Gasteiger partial charge in [-0.25, -0.2) is 4.98 Å². The van der Waals surface area contributed by atoms with E-state index in [1.165, 1.54) is 0 Å². The fourth-order valence-corrected chi connectivity index (χ4v) is 3.67. The molecule has 3 nitrogen and oxygen atoms in total. The number of aromatic nitrogens is 2. The van der Waals surface area contributed by atoms with Crippen molar-refractivity contribution in [3.63, 3.8) is 0 Å². The Kier molecular flexibility index (Phi) is 5.39. The summed E-state index contributed by atoms with van der Waals surface area (Å²) in [5, 5.41) is 3.99. The highest BCUT2D eigenvalue weighted by Crippen LogP contribution is 2.32. The lowest BCUT2D eigenvalue weighted by molar-refractivity contribution is -0.137. The molecular formula is C18H21ClF3N3. The van der Waals surface area contributed by atoms with Gasteiger partial charge >= 0.3 is 6.18 Å². The first-order valence-corrected chi connectivity index (χ1v) is 8.92. The van der Waals surface area contributed by atoms with Gasteiger partial charge in [0.15, 0.2) is 5.15 Å². The minimum absolute atomic E-state index is 0.0710. The van der Waals surface area contributed by atoms with Crippen molar-refractivity contribution in [2.24, 2.45) is 0 Å². The first-order valence-electron chi connectivity index (χ1n) is 8.54. The van der Waals surface area contributed by atoms with E-state index in [9.17, 15) is 13.2 Å². The Bertz CT molecular complexity index is 722. The Morgan fingerprint density at radius 1 is 1.24 bits per heavy atom. The van der Waals surface area contributed by atoms with Crippen molar-refractivity contribution in [1.29, 1.82) is 0 Å². The van der Waals surface area contributed by atoms with Crippen molar-refractivity contribution in [2.45, 2.75) is 51.4 Å². The van der Waals surface area contributed by atoms with Crippen molar-refractivity contribution in [2.75, 3.05) is 6.54 Å². The van der Waals surface area contributed by atoms with Crippen LogP contribution in [0, 0.1) is 0 Å². The van der Waals surface area contributed by atoms with Crippen molar-refractivity contribution in [3.8, 4) is 0 Å². The van der Waals surface area contributed by atoms with Gasteiger partial charge in [0.2, 0.25) is 0 Å². The topological polar surface area (TPSA) is 29.9 Å². The highest BCUT2D eigenvalue weighted by atomic mass is 35.5. The number of alkyl halides is 3. The molecule has 0 aliphatic carbocycles. The van der Waals surface area contributed by atoms with Crippen LogP contribution in [0.3, 0.4) is 0 Å². The molecule has 0 amide bonds. The van der Waals surface area contributed by atoms with Gasteiger partial charge in [-0.2, -0.15) is 13.2 Å². The summed E-state index contributed by atoms with van der Waals surface area (Å²) in [6, 6.07) is 5.45. The Morgan fingerprint density at radius 3 is 2.60 bits per heavy atom. The normalized spacial score (nSPS) is 17.6. The Hall–Kier alpha value is -1.53. The van der Waals surface area contributed by atoms with Crippen LogP contribution < -0.4 is 5.32 Å². The second-order valence-electron chi connectivity index (χ2n) is 6.35. The number of fused-ring (bicyclic) bond motifs is 1. The van der Waals surface area contributed by atoms with Crippen LogP contribution in [0.1, 0.15) is 48.5 Å². The van der Waals surface area contributed by atoms with Crippen LogP contribution >= 0.6 is 11.6 Å². The van der Waals surface area contributed by atoms with Gasteiger partial charge in [-0.3, -0.25) is 0 Å². The largest absolute Gasteiger partial charge is 0.416 e. The molecule has 0 radical (unpaired) electrons. The maximum Gasteiger partial charge on any atom is 0.416 e. The molecule has 0 fully saturated rings. The van der Waals surface area contributed by atoms with Gasteiger partial charge in [0.1, 0.15) is 5.82 Å². The number of nitrogens with zero attached hydrogens (tertiary/aromatic N) is 2. The first-order chi connectivity index (χ1) is 11.9. The highest BCUT2D eigenvalue weighted by molar-refractivity contribution is 6.30. The standard InChI is InChI=1S/C18H21ClF3N3/c1-2-3-15-24-17(19)16-14(23-10-11-25(15)16)9-6-12-4-7-13(8-5-12)18(20,21)22/h4-5,7-8,14,23H,2-3,6,9-11H2,1H3. The summed E-state index contributed by atoms with van der Waals surface area (Å²) in [7, 11) is 0. The average molecular weight is 372 g/mol. The third-order valence-corrected chi connectivity index (χ3v) is 4.85. The third-order valence-electron chi connectivity index (χ3n) is 4.57. The summed E-state index contributed by atoms with van der Waals surface area (Å²) < 4.78 is 40.1. The molecule has 2 aromatic rings. The number of benzene rings is 1. The van der Waals surface area contributed by atoms with Crippen LogP contribution in [0.4, 0.5) is 13.2 Å². The summed E-state index contributed by atoms with van der Waals surface area (Å²) in [6.07, 6.45) is -0.941. The lowest BCUT2D eigenvalue weighted by atomic mass is 10.0. The van der Waals surface area contributed by atoms with E-state index in [2.05, 4.69) is 21.8 Å². The Balaban J connectivity index is 1.71. The molecule has 0 spiro atoms. The molecule has 1 unspecified atom stereocenters. The molecule has 25 heavy (non-hydrogen) atoms. The maximum atomic E-state index is 12.6. The summed E-state index contributed by atoms with van der Waals surface area (Å²) >= 11 is 6.35. The van der Waals surface area contributed by atoms with Gasteiger partial charge in [-0.1, -0.05) is 30.7 Å². The number of imidazole rings is 1. The fraction of sp³-hybridized carbons (Fsp3) is 0.500. The van der Waals surface area contributed by atoms with Crippen molar-refractivity contribution < 1.29 is 13.2 Å². The minimum Gasteiger partial charge on any atom is -0.328 e. The van der Waals surface area contributed by atoms with Gasteiger partial charge in [-0.15, -0.1) is 0 Å². The van der Waals surface area contributed by atoms with E-state index in [1.54, 1.807) is 12.1 Å². The molecular weight excluding hydrogens is 351 g/mol. The number of halogens is 4. The van der Waals surface area contributed by atoms with Gasteiger partial charge in [0.25, 0.3) is 0 Å². The highest BCUT2D eigenvalue weighted by Gasteiger charge is 2.30. The zero-order valence-electron chi connectivity index (χ0n) is 14.0. The van der Waals surface area contributed by atoms with Gasteiger partial charge in [0.05, 0.1) is 17.3 Å². The molecule has 1 atom stereocenters. The van der Waals surface area contributed by atoms with Crippen LogP contribution in [0.5, 0.6) is 0 Å². The predicted molar refractivity (Wildman–Crippen MR) is 91.7 cm³/mol. The van der Waals surface area contributed by atoms with Gasteiger partial charge in [-0.05, 0) is 37.0 Å². The molecule has 1 aromatic carbocycles. The quantitative estimate of drug-likeness (QED) is 0.819. The summed E-state index contributed by atoms with van der Waals surface area (Å²) in [4.78, 5) is 4.49. The molecule has 7 heteroatoms. The second kappa shape index (κ2) is 7.38. The van der Waals surface area contributed by atoms with Crippen molar-refractivity contribution >= 4 is 11.6 Å². The molecule has 2 heterocycles. The molecule has 136 valence electrons. The lowest BCUT2D eigenvalue weighted by Crippen LogP contribution is -2.34. The van der Waals surface area contributed by atoms with E-state index in [0.717, 1.165) is 61.6 Å². The zero-order valence-corrected chi connectivity index (χ0v) is 14.8. The SMILES string of the molecule is CCCc1nc(Cl)c2n1CCNC2CCc1ccc(C(F)(F)F)cc1. The first kappa shape index (κ1) is 18.3. The molecule has 1 aliphatic heterocycles. The van der Waals surface area contributed by atoms with E-state index in [1.807, 2.05) is 0 Å². The molecule has 0 saturated carbocycles. The molecule has 1 N–H and O–H groups in total. The van der Waals surface area contributed by atoms with Gasteiger partial charge < -0.3 is 9.88 Å². The smallest absolute Gasteiger partial charge is 0.328 e. The maximum absolute atomic E-state index is 12.6. The van der Waals surface area contributed by atoms with Crippen LogP contribution in [-0.4, -0.2) is 16.1 Å². The number of rotatable bonds is 5. The summed E-state index contributed by atoms with van der Waals surface area (Å²) in [6.45, 7) is 3.80. The monoisotopic (exact) mass is 371 g/mol. The van der Waals surface area contributed by atoms with E-state index in [4.69, 9.17) is 11.6 Å². The fourth-order valence-electron chi connectivity index (χ4n) is 3.33. The van der Waals surface area contributed by atoms with E-state index < -0.39 is 11.7 Å². The second-order valence-corrected chi connectivity index (χ2v) is 6.70. The zero-order chi connectivity index (χ0) is 18.0. The van der Waals surface area contributed by atoms with Crippen molar-refractivity contribution in [1.82, 2.24) is 14.9 Å². The molecule has 0 saturated heterocycles. The Labute approximate surface area is 150 Å². The minimum atomic E-state index is -4.29. The number of hydrogen-bond donors (Lipinski definition) is 1. The van der Waals surface area contributed by atoms with E-state index >= 15 is 0 Å². The van der Waals surface area contributed by atoms with Crippen LogP contribution in [0.2, 0.25) is 5.15 Å². The predicted octanol–water partition coefficient (Wildman–Crippen LogP) is 4.78. The van der Waals surface area contributed by atoms with Crippen LogP contribution in [0.15, 0.2) is 24.3 Å².